The van der Waals surface area contributed by atoms with E-state index in [2.05, 4.69) is 5.32 Å². The number of nitrogens with one attached hydrogen (secondary N) is 1. The van der Waals surface area contributed by atoms with Crippen molar-refractivity contribution in [2.24, 2.45) is 5.73 Å². The van der Waals surface area contributed by atoms with Gasteiger partial charge in [0.25, 0.3) is 0 Å². The molecule has 0 bridgehead atoms. The molecule has 3 N–H and O–H groups in total. The maximum atomic E-state index is 12.5. The summed E-state index contributed by atoms with van der Waals surface area (Å²) in [5, 5.41) is 2.65. The topological polar surface area (TPSA) is 92.5 Å². The molecule has 24 heavy (non-hydrogen) atoms. The van der Waals surface area contributed by atoms with Crippen LogP contribution in [0.4, 0.5) is 0 Å². The molecule has 1 aromatic rings. The zero-order chi connectivity index (χ0) is 17.4. The van der Waals surface area contributed by atoms with Gasteiger partial charge in [-0.05, 0) is 18.4 Å². The molecule has 1 aliphatic heterocycles. The summed E-state index contributed by atoms with van der Waals surface area (Å²) in [5.41, 5.74) is 6.20. The summed E-state index contributed by atoms with van der Waals surface area (Å²) >= 11 is 1.37. The molecule has 0 spiro atoms. The van der Waals surface area contributed by atoms with Crippen molar-refractivity contribution in [2.75, 3.05) is 18.8 Å². The first kappa shape index (κ1) is 18.3. The van der Waals surface area contributed by atoms with Gasteiger partial charge in [-0.15, -0.1) is 11.8 Å². The number of nitrogens with zero attached hydrogens (tertiary/aromatic N) is 1. The first-order chi connectivity index (χ1) is 11.6. The van der Waals surface area contributed by atoms with Gasteiger partial charge < -0.3 is 16.0 Å². The SMILES string of the molecule is NC(=O)CCN(Cc1ccccc1)C(=O)CSC1CCCNC1=O. The van der Waals surface area contributed by atoms with E-state index in [0.29, 0.717) is 19.6 Å². The van der Waals surface area contributed by atoms with Crippen molar-refractivity contribution in [3.05, 3.63) is 35.9 Å². The Balaban J connectivity index is 1.92. The first-order valence-corrected chi connectivity index (χ1v) is 9.10. The van der Waals surface area contributed by atoms with Crippen molar-refractivity contribution >= 4 is 29.5 Å². The van der Waals surface area contributed by atoms with Crippen molar-refractivity contribution in [1.29, 1.82) is 0 Å². The Morgan fingerprint density at radius 2 is 2.04 bits per heavy atom. The molecule has 3 amide bonds. The third-order valence-electron chi connectivity index (χ3n) is 3.84. The van der Waals surface area contributed by atoms with Crippen LogP contribution >= 0.6 is 11.8 Å². The van der Waals surface area contributed by atoms with Gasteiger partial charge in [-0.2, -0.15) is 0 Å². The van der Waals surface area contributed by atoms with Crippen molar-refractivity contribution in [3.8, 4) is 0 Å². The van der Waals surface area contributed by atoms with Gasteiger partial charge in [-0.1, -0.05) is 30.3 Å². The molecular weight excluding hydrogens is 326 g/mol. The number of carbonyl (C=O) groups is 3. The highest BCUT2D eigenvalue weighted by Gasteiger charge is 2.24. The molecule has 6 nitrogen and oxygen atoms in total. The molecule has 1 aromatic carbocycles. The maximum Gasteiger partial charge on any atom is 0.233 e. The Morgan fingerprint density at radius 1 is 1.29 bits per heavy atom. The van der Waals surface area contributed by atoms with Gasteiger partial charge in [0.05, 0.1) is 11.0 Å². The van der Waals surface area contributed by atoms with E-state index in [4.69, 9.17) is 5.73 Å². The van der Waals surface area contributed by atoms with Gasteiger partial charge in [0.2, 0.25) is 17.7 Å². The average molecular weight is 349 g/mol. The number of benzene rings is 1. The van der Waals surface area contributed by atoms with Crippen LogP contribution in [0.1, 0.15) is 24.8 Å². The average Bonchev–Trinajstić information content (AvgIpc) is 2.58. The minimum absolute atomic E-state index is 0.00537. The van der Waals surface area contributed by atoms with Crippen LogP contribution in [0, 0.1) is 0 Å². The molecule has 1 unspecified atom stereocenters. The van der Waals surface area contributed by atoms with Gasteiger partial charge in [-0.25, -0.2) is 0 Å². The maximum absolute atomic E-state index is 12.5. The molecule has 0 saturated carbocycles. The summed E-state index contributed by atoms with van der Waals surface area (Å²) in [6.07, 6.45) is 1.86. The predicted octanol–water partition coefficient (Wildman–Crippen LogP) is 0.902. The van der Waals surface area contributed by atoms with Crippen LogP contribution in [0.25, 0.3) is 0 Å². The van der Waals surface area contributed by atoms with Crippen LogP contribution < -0.4 is 11.1 Å². The quantitative estimate of drug-likeness (QED) is 0.729. The number of amides is 3. The second-order valence-electron chi connectivity index (χ2n) is 5.75. The highest BCUT2D eigenvalue weighted by Crippen LogP contribution is 2.20. The number of primary amides is 1. The van der Waals surface area contributed by atoms with E-state index in [1.54, 1.807) is 4.90 Å². The molecule has 0 aromatic heterocycles. The molecule has 0 aliphatic carbocycles. The van der Waals surface area contributed by atoms with Crippen molar-refractivity contribution in [3.63, 3.8) is 0 Å². The lowest BCUT2D eigenvalue weighted by molar-refractivity contribution is -0.129. The Hall–Kier alpha value is -2.02. The second-order valence-corrected chi connectivity index (χ2v) is 6.94. The van der Waals surface area contributed by atoms with Gasteiger partial charge in [0.15, 0.2) is 0 Å². The summed E-state index contributed by atoms with van der Waals surface area (Å²) in [5.74, 6) is -0.279. The number of hydrogen-bond acceptors (Lipinski definition) is 4. The van der Waals surface area contributed by atoms with E-state index >= 15 is 0 Å². The molecule has 1 saturated heterocycles. The Kier molecular flexibility index (Phi) is 7.11. The van der Waals surface area contributed by atoms with Gasteiger partial charge >= 0.3 is 0 Å². The first-order valence-electron chi connectivity index (χ1n) is 8.05. The molecule has 7 heteroatoms. The molecule has 1 aliphatic rings. The van der Waals surface area contributed by atoms with Crippen molar-refractivity contribution in [1.82, 2.24) is 10.2 Å². The molecule has 1 heterocycles. The van der Waals surface area contributed by atoms with Gasteiger partial charge in [0.1, 0.15) is 0 Å². The second kappa shape index (κ2) is 9.32. The summed E-state index contributed by atoms with van der Waals surface area (Å²) in [7, 11) is 0. The molecule has 1 fully saturated rings. The van der Waals surface area contributed by atoms with Crippen molar-refractivity contribution in [2.45, 2.75) is 31.1 Å². The van der Waals surface area contributed by atoms with Crippen LogP contribution in [0.15, 0.2) is 30.3 Å². The predicted molar refractivity (Wildman–Crippen MR) is 94.2 cm³/mol. The number of carbonyl (C=O) groups excluding carboxylic acids is 3. The normalized spacial score (nSPS) is 17.2. The zero-order valence-electron chi connectivity index (χ0n) is 13.6. The number of thioether (sulfide) groups is 1. The monoisotopic (exact) mass is 349 g/mol. The summed E-state index contributed by atoms with van der Waals surface area (Å²) in [4.78, 5) is 37.0. The fourth-order valence-corrected chi connectivity index (χ4v) is 3.60. The van der Waals surface area contributed by atoms with Crippen molar-refractivity contribution < 1.29 is 14.4 Å². The zero-order valence-corrected chi connectivity index (χ0v) is 14.4. The largest absolute Gasteiger partial charge is 0.370 e. The number of piperidine rings is 1. The molecule has 130 valence electrons. The standard InChI is InChI=1S/C17H23N3O3S/c18-15(21)8-10-20(11-13-5-2-1-3-6-13)16(22)12-24-14-7-4-9-19-17(14)23/h1-3,5-6,14H,4,7-12H2,(H2,18,21)(H,19,23). The van der Waals surface area contributed by atoms with E-state index in [-0.39, 0.29) is 29.2 Å². The number of nitrogens with two attached hydrogens (primary N) is 1. The van der Waals surface area contributed by atoms with Gasteiger partial charge in [0, 0.05) is 26.1 Å². The van der Waals surface area contributed by atoms with Crippen LogP contribution in [-0.4, -0.2) is 46.7 Å². The minimum atomic E-state index is -0.430. The van der Waals surface area contributed by atoms with Crippen LogP contribution in [-0.2, 0) is 20.9 Å². The Bertz CT molecular complexity index is 580. The number of hydrogen-bond donors (Lipinski definition) is 2. The molecule has 1 atom stereocenters. The molecular formula is C17H23N3O3S. The van der Waals surface area contributed by atoms with Crippen LogP contribution in [0.2, 0.25) is 0 Å². The van der Waals surface area contributed by atoms with E-state index in [1.807, 2.05) is 30.3 Å². The summed E-state index contributed by atoms with van der Waals surface area (Å²) < 4.78 is 0. The highest BCUT2D eigenvalue weighted by atomic mass is 32.2. The molecule has 0 radical (unpaired) electrons. The van der Waals surface area contributed by atoms with E-state index in [9.17, 15) is 14.4 Å². The minimum Gasteiger partial charge on any atom is -0.370 e. The fourth-order valence-electron chi connectivity index (χ4n) is 2.51. The lowest BCUT2D eigenvalue weighted by atomic mass is 10.1. The Morgan fingerprint density at radius 3 is 2.71 bits per heavy atom. The summed E-state index contributed by atoms with van der Waals surface area (Å²) in [6, 6.07) is 9.61. The third-order valence-corrected chi connectivity index (χ3v) is 5.11. The smallest absolute Gasteiger partial charge is 0.233 e. The van der Waals surface area contributed by atoms with E-state index in [1.165, 1.54) is 11.8 Å². The lowest BCUT2D eigenvalue weighted by Crippen LogP contribution is -2.40. The third kappa shape index (κ3) is 5.88. The van der Waals surface area contributed by atoms with Crippen LogP contribution in [0.5, 0.6) is 0 Å². The van der Waals surface area contributed by atoms with Crippen LogP contribution in [0.3, 0.4) is 0 Å². The number of rotatable bonds is 8. The molecule has 2 rings (SSSR count). The summed E-state index contributed by atoms with van der Waals surface area (Å²) in [6.45, 7) is 1.44. The highest BCUT2D eigenvalue weighted by molar-refractivity contribution is 8.01. The van der Waals surface area contributed by atoms with E-state index in [0.717, 1.165) is 18.4 Å². The Labute approximate surface area is 146 Å². The lowest BCUT2D eigenvalue weighted by Gasteiger charge is -2.25. The van der Waals surface area contributed by atoms with Gasteiger partial charge in [-0.3, -0.25) is 14.4 Å². The fraction of sp³-hybridized carbons (Fsp3) is 0.471. The van der Waals surface area contributed by atoms with E-state index < -0.39 is 5.91 Å².